The van der Waals surface area contributed by atoms with E-state index in [9.17, 15) is 4.79 Å². The van der Waals surface area contributed by atoms with Crippen LogP contribution in [-0.4, -0.2) is 22.3 Å². The van der Waals surface area contributed by atoms with Crippen molar-refractivity contribution in [2.24, 2.45) is 4.99 Å². The second kappa shape index (κ2) is 5.16. The Balaban J connectivity index is 2.11. The molecule has 1 aliphatic rings. The molecular weight excluding hydrogens is 263 g/mol. The van der Waals surface area contributed by atoms with Crippen molar-refractivity contribution in [3.05, 3.63) is 40.4 Å². The van der Waals surface area contributed by atoms with Gasteiger partial charge in [-0.2, -0.15) is 0 Å². The van der Waals surface area contributed by atoms with Crippen LogP contribution in [-0.2, 0) is 6.54 Å². The summed E-state index contributed by atoms with van der Waals surface area (Å²) in [4.78, 5) is 20.9. The van der Waals surface area contributed by atoms with Gasteiger partial charge in [-0.05, 0) is 12.1 Å². The van der Waals surface area contributed by atoms with Gasteiger partial charge >= 0.3 is 6.03 Å². The minimum absolute atomic E-state index is 0.213. The lowest BCUT2D eigenvalue weighted by Crippen LogP contribution is -2.35. The molecule has 2 rings (SSSR count). The Morgan fingerprint density at radius 1 is 1.35 bits per heavy atom. The second-order valence-electron chi connectivity index (χ2n) is 3.26. The van der Waals surface area contributed by atoms with Crippen LogP contribution in [0.1, 0.15) is 5.69 Å². The summed E-state index contributed by atoms with van der Waals surface area (Å²) in [6.45, 7) is 0.296. The number of hydrogen-bond acceptors (Lipinski definition) is 3. The summed E-state index contributed by atoms with van der Waals surface area (Å²) in [6.07, 6.45) is 4.21. The number of pyridine rings is 1. The first kappa shape index (κ1) is 11.9. The Hall–Kier alpha value is -1.59. The monoisotopic (exact) mass is 270 g/mol. The summed E-state index contributed by atoms with van der Waals surface area (Å²) in [5.74, 6) is 0. The van der Waals surface area contributed by atoms with Gasteiger partial charge in [-0.15, -0.1) is 0 Å². The summed E-state index contributed by atoms with van der Waals surface area (Å²) < 4.78 is 0. The lowest BCUT2D eigenvalue weighted by molar-refractivity contribution is 0.224. The van der Waals surface area contributed by atoms with Crippen molar-refractivity contribution in [3.8, 4) is 0 Å². The van der Waals surface area contributed by atoms with Gasteiger partial charge in [-0.1, -0.05) is 23.2 Å². The van der Waals surface area contributed by atoms with Crippen molar-refractivity contribution in [2.45, 2.75) is 6.54 Å². The molecule has 0 bridgehead atoms. The number of hydrogen-bond donors (Lipinski definition) is 1. The van der Waals surface area contributed by atoms with Crippen LogP contribution >= 0.6 is 23.2 Å². The molecule has 0 saturated heterocycles. The van der Waals surface area contributed by atoms with Crippen LogP contribution in [0.15, 0.2) is 34.7 Å². The van der Waals surface area contributed by atoms with E-state index in [0.717, 1.165) is 0 Å². The Morgan fingerprint density at radius 2 is 2.18 bits per heavy atom. The highest BCUT2D eigenvalue weighted by Gasteiger charge is 2.13. The Kier molecular flexibility index (Phi) is 3.61. The second-order valence-corrected chi connectivity index (χ2v) is 4.08. The fraction of sp³-hybridized carbons (Fsp3) is 0.100. The van der Waals surface area contributed by atoms with Gasteiger partial charge in [0.05, 0.1) is 17.3 Å². The molecule has 0 saturated carbocycles. The maximum atomic E-state index is 11.6. The van der Waals surface area contributed by atoms with E-state index in [0.29, 0.717) is 17.3 Å². The van der Waals surface area contributed by atoms with Gasteiger partial charge in [0.15, 0.2) is 0 Å². The predicted octanol–water partition coefficient (Wildman–Crippen LogP) is 2.33. The minimum Gasteiger partial charge on any atom is -0.311 e. The number of amides is 2. The highest BCUT2D eigenvalue weighted by Crippen LogP contribution is 2.10. The third kappa shape index (κ3) is 3.18. The lowest BCUT2D eigenvalue weighted by Gasteiger charge is -2.14. The molecule has 1 aliphatic heterocycles. The standard InChI is InChI=1S/C10H8Cl2N4O/c11-7-1-2-8(13-3-7)5-16-6-15-9(12)4-14-10(16)17/h1-4,6H,5H2,(H,14,17). The zero-order valence-corrected chi connectivity index (χ0v) is 10.1. The van der Waals surface area contributed by atoms with Crippen molar-refractivity contribution in [3.63, 3.8) is 0 Å². The van der Waals surface area contributed by atoms with Crippen LogP contribution in [0.25, 0.3) is 0 Å². The van der Waals surface area contributed by atoms with Gasteiger partial charge in [-0.3, -0.25) is 9.88 Å². The van der Waals surface area contributed by atoms with Crippen molar-refractivity contribution >= 4 is 35.6 Å². The van der Waals surface area contributed by atoms with E-state index in [1.807, 2.05) is 0 Å². The summed E-state index contributed by atoms with van der Waals surface area (Å²) in [6, 6.07) is 3.13. The van der Waals surface area contributed by atoms with Gasteiger partial charge < -0.3 is 5.32 Å². The molecule has 2 heterocycles. The van der Waals surface area contributed by atoms with E-state index < -0.39 is 0 Å². The van der Waals surface area contributed by atoms with Crippen LogP contribution in [0.5, 0.6) is 0 Å². The molecular formula is C10H8Cl2N4O. The van der Waals surface area contributed by atoms with E-state index >= 15 is 0 Å². The van der Waals surface area contributed by atoms with Gasteiger partial charge in [0.25, 0.3) is 0 Å². The van der Waals surface area contributed by atoms with E-state index in [4.69, 9.17) is 23.2 Å². The van der Waals surface area contributed by atoms with E-state index in [-0.39, 0.29) is 11.2 Å². The van der Waals surface area contributed by atoms with Crippen LogP contribution in [0.3, 0.4) is 0 Å². The van der Waals surface area contributed by atoms with E-state index in [1.165, 1.54) is 23.6 Å². The Labute approximate surface area is 108 Å². The summed E-state index contributed by atoms with van der Waals surface area (Å²) in [7, 11) is 0. The molecule has 1 N–H and O–H groups in total. The number of rotatable bonds is 2. The summed E-state index contributed by atoms with van der Waals surface area (Å²) in [5, 5.41) is 3.25. The Bertz CT molecular complexity index is 484. The van der Waals surface area contributed by atoms with Crippen LogP contribution in [0.4, 0.5) is 4.79 Å². The normalized spacial score (nSPS) is 15.3. The molecule has 0 unspecified atom stereocenters. The van der Waals surface area contributed by atoms with Crippen LogP contribution in [0.2, 0.25) is 5.02 Å². The average Bonchev–Trinajstić information content (AvgIpc) is 2.47. The molecule has 1 aromatic heterocycles. The van der Waals surface area contributed by atoms with Gasteiger partial charge in [0, 0.05) is 12.4 Å². The molecule has 0 atom stereocenters. The van der Waals surface area contributed by atoms with Gasteiger partial charge in [0.2, 0.25) is 0 Å². The SMILES string of the molecule is O=C1NC=C(Cl)N=CN1Cc1ccc(Cl)cn1. The van der Waals surface area contributed by atoms with E-state index in [2.05, 4.69) is 15.3 Å². The maximum absolute atomic E-state index is 11.6. The number of carbonyl (C=O) groups is 1. The number of aliphatic imine (C=N–C) groups is 1. The number of carbonyl (C=O) groups excluding carboxylic acids is 1. The van der Waals surface area contributed by atoms with Crippen molar-refractivity contribution in [2.75, 3.05) is 0 Å². The van der Waals surface area contributed by atoms with Crippen LogP contribution in [0, 0.1) is 0 Å². The fourth-order valence-electron chi connectivity index (χ4n) is 1.21. The van der Waals surface area contributed by atoms with Crippen molar-refractivity contribution < 1.29 is 4.79 Å². The quantitative estimate of drug-likeness (QED) is 0.839. The number of halogens is 2. The molecule has 0 radical (unpaired) electrons. The largest absolute Gasteiger partial charge is 0.327 e. The number of nitrogens with one attached hydrogen (secondary N) is 1. The zero-order chi connectivity index (χ0) is 12.3. The average molecular weight is 271 g/mol. The van der Waals surface area contributed by atoms with Crippen molar-refractivity contribution in [1.82, 2.24) is 15.2 Å². The van der Waals surface area contributed by atoms with E-state index in [1.54, 1.807) is 12.1 Å². The minimum atomic E-state index is -0.318. The van der Waals surface area contributed by atoms with Crippen LogP contribution < -0.4 is 5.32 Å². The first-order valence-corrected chi connectivity index (χ1v) is 5.48. The zero-order valence-electron chi connectivity index (χ0n) is 8.60. The molecule has 0 aliphatic carbocycles. The van der Waals surface area contributed by atoms with Crippen molar-refractivity contribution in [1.29, 1.82) is 0 Å². The van der Waals surface area contributed by atoms with Gasteiger partial charge in [0.1, 0.15) is 11.5 Å². The number of urea groups is 1. The van der Waals surface area contributed by atoms with Gasteiger partial charge in [-0.25, -0.2) is 9.79 Å². The first-order valence-electron chi connectivity index (χ1n) is 4.72. The fourth-order valence-corrected chi connectivity index (χ4v) is 1.42. The topological polar surface area (TPSA) is 57.6 Å². The Morgan fingerprint density at radius 3 is 2.88 bits per heavy atom. The molecule has 2 amide bonds. The maximum Gasteiger partial charge on any atom is 0.327 e. The third-order valence-electron chi connectivity index (χ3n) is 2.02. The smallest absolute Gasteiger partial charge is 0.311 e. The third-order valence-corrected chi connectivity index (χ3v) is 2.45. The summed E-state index contributed by atoms with van der Waals surface area (Å²) >= 11 is 11.4. The molecule has 0 fully saturated rings. The predicted molar refractivity (Wildman–Crippen MR) is 65.7 cm³/mol. The first-order chi connectivity index (χ1) is 8.15. The molecule has 0 aromatic carbocycles. The summed E-state index contributed by atoms with van der Waals surface area (Å²) in [5.41, 5.74) is 0.703. The number of nitrogens with zero attached hydrogens (tertiary/aromatic N) is 3. The molecule has 5 nitrogen and oxygen atoms in total. The number of aromatic nitrogens is 1. The molecule has 0 spiro atoms. The highest BCUT2D eigenvalue weighted by molar-refractivity contribution is 6.30. The molecule has 1 aromatic rings. The lowest BCUT2D eigenvalue weighted by atomic mass is 10.3. The molecule has 7 heteroatoms. The highest BCUT2D eigenvalue weighted by atomic mass is 35.5. The molecule has 88 valence electrons. The molecule has 17 heavy (non-hydrogen) atoms.